The summed E-state index contributed by atoms with van der Waals surface area (Å²) in [5, 5.41) is 0. The Bertz CT molecular complexity index is 593. The lowest BCUT2D eigenvalue weighted by Crippen LogP contribution is -2.05. The number of hydrogen-bond donors (Lipinski definition) is 1. The quantitative estimate of drug-likeness (QED) is 0.830. The van der Waals surface area contributed by atoms with Gasteiger partial charge in [-0.1, -0.05) is 51.5 Å². The molecule has 2 aromatic carbocycles. The standard InChI is InChI=1S/C16H18BrNS/c1-10-4-7-16(11(2)8-10)19-13-5-6-14(12(3)18)15(17)9-13/h4-9,12H,18H2,1-3H3/t12-/m1/s1. The van der Waals surface area contributed by atoms with Crippen LogP contribution in [0, 0.1) is 13.8 Å². The molecule has 0 spiro atoms. The van der Waals surface area contributed by atoms with Crippen LogP contribution in [0.2, 0.25) is 0 Å². The normalized spacial score (nSPS) is 12.5. The second kappa shape index (κ2) is 6.12. The second-order valence-electron chi connectivity index (χ2n) is 4.84. The van der Waals surface area contributed by atoms with Crippen molar-refractivity contribution in [2.75, 3.05) is 0 Å². The highest BCUT2D eigenvalue weighted by Crippen LogP contribution is 2.34. The zero-order valence-electron chi connectivity index (χ0n) is 11.4. The van der Waals surface area contributed by atoms with Crippen molar-refractivity contribution in [1.29, 1.82) is 0 Å². The molecule has 19 heavy (non-hydrogen) atoms. The van der Waals surface area contributed by atoms with Crippen molar-refractivity contribution in [3.05, 3.63) is 57.6 Å². The Morgan fingerprint density at radius 1 is 1.11 bits per heavy atom. The molecule has 0 heterocycles. The van der Waals surface area contributed by atoms with Gasteiger partial charge in [-0.05, 0) is 50.1 Å². The number of rotatable bonds is 3. The lowest BCUT2D eigenvalue weighted by molar-refractivity contribution is 0.811. The molecule has 0 bridgehead atoms. The fourth-order valence-corrected chi connectivity index (χ4v) is 3.80. The van der Waals surface area contributed by atoms with Crippen molar-refractivity contribution in [3.63, 3.8) is 0 Å². The molecule has 0 saturated carbocycles. The van der Waals surface area contributed by atoms with E-state index in [-0.39, 0.29) is 6.04 Å². The Morgan fingerprint density at radius 3 is 2.42 bits per heavy atom. The number of benzene rings is 2. The smallest absolute Gasteiger partial charge is 0.0277 e. The monoisotopic (exact) mass is 335 g/mol. The fraction of sp³-hybridized carbons (Fsp3) is 0.250. The number of halogens is 1. The van der Waals surface area contributed by atoms with Crippen LogP contribution in [0.3, 0.4) is 0 Å². The summed E-state index contributed by atoms with van der Waals surface area (Å²) in [6.07, 6.45) is 0. The van der Waals surface area contributed by atoms with Gasteiger partial charge in [-0.3, -0.25) is 0 Å². The summed E-state index contributed by atoms with van der Waals surface area (Å²) in [5.74, 6) is 0. The molecule has 0 saturated heterocycles. The van der Waals surface area contributed by atoms with Crippen LogP contribution >= 0.6 is 27.7 Å². The Morgan fingerprint density at radius 2 is 1.84 bits per heavy atom. The number of hydrogen-bond acceptors (Lipinski definition) is 2. The van der Waals surface area contributed by atoms with Crippen LogP contribution in [0.5, 0.6) is 0 Å². The van der Waals surface area contributed by atoms with Gasteiger partial charge in [0.15, 0.2) is 0 Å². The van der Waals surface area contributed by atoms with E-state index in [2.05, 4.69) is 66.2 Å². The molecule has 0 radical (unpaired) electrons. The Labute approximate surface area is 127 Å². The minimum Gasteiger partial charge on any atom is -0.324 e. The first-order valence-corrected chi connectivity index (χ1v) is 7.88. The van der Waals surface area contributed by atoms with Gasteiger partial charge in [0.1, 0.15) is 0 Å². The summed E-state index contributed by atoms with van der Waals surface area (Å²) in [5.41, 5.74) is 9.68. The molecular weight excluding hydrogens is 318 g/mol. The van der Waals surface area contributed by atoms with E-state index in [1.54, 1.807) is 11.8 Å². The first kappa shape index (κ1) is 14.6. The van der Waals surface area contributed by atoms with Gasteiger partial charge in [-0.2, -0.15) is 0 Å². The van der Waals surface area contributed by atoms with Crippen molar-refractivity contribution in [3.8, 4) is 0 Å². The van der Waals surface area contributed by atoms with Crippen molar-refractivity contribution in [1.82, 2.24) is 0 Å². The van der Waals surface area contributed by atoms with Crippen LogP contribution in [0.25, 0.3) is 0 Å². The molecule has 100 valence electrons. The van der Waals surface area contributed by atoms with Crippen LogP contribution < -0.4 is 5.73 Å². The Hall–Kier alpha value is -0.770. The van der Waals surface area contributed by atoms with Crippen LogP contribution in [0.4, 0.5) is 0 Å². The maximum atomic E-state index is 5.92. The lowest BCUT2D eigenvalue weighted by Gasteiger charge is -2.11. The highest BCUT2D eigenvalue weighted by molar-refractivity contribution is 9.10. The predicted octanol–water partition coefficient (Wildman–Crippen LogP) is 5.24. The predicted molar refractivity (Wildman–Crippen MR) is 86.8 cm³/mol. The topological polar surface area (TPSA) is 26.0 Å². The molecule has 0 amide bonds. The zero-order chi connectivity index (χ0) is 14.0. The first-order chi connectivity index (χ1) is 8.97. The van der Waals surface area contributed by atoms with E-state index in [1.165, 1.54) is 20.9 Å². The highest BCUT2D eigenvalue weighted by Gasteiger charge is 2.07. The van der Waals surface area contributed by atoms with Gasteiger partial charge in [0.2, 0.25) is 0 Å². The van der Waals surface area contributed by atoms with Gasteiger partial charge in [0.25, 0.3) is 0 Å². The molecule has 0 aliphatic heterocycles. The highest BCUT2D eigenvalue weighted by atomic mass is 79.9. The molecular formula is C16H18BrNS. The molecule has 2 N–H and O–H groups in total. The van der Waals surface area contributed by atoms with Crippen LogP contribution in [-0.4, -0.2) is 0 Å². The molecule has 0 unspecified atom stereocenters. The third-order valence-corrected chi connectivity index (χ3v) is 4.88. The summed E-state index contributed by atoms with van der Waals surface area (Å²) in [4.78, 5) is 2.52. The summed E-state index contributed by atoms with van der Waals surface area (Å²) >= 11 is 5.38. The van der Waals surface area contributed by atoms with Crippen LogP contribution in [0.15, 0.2) is 50.7 Å². The maximum absolute atomic E-state index is 5.92. The van der Waals surface area contributed by atoms with Gasteiger partial charge in [-0.15, -0.1) is 0 Å². The molecule has 1 atom stereocenters. The minimum absolute atomic E-state index is 0.0505. The summed E-state index contributed by atoms with van der Waals surface area (Å²) in [6, 6.07) is 13.0. The summed E-state index contributed by atoms with van der Waals surface area (Å²) in [7, 11) is 0. The van der Waals surface area contributed by atoms with Crippen molar-refractivity contribution in [2.45, 2.75) is 36.6 Å². The van der Waals surface area contributed by atoms with E-state index in [9.17, 15) is 0 Å². The van der Waals surface area contributed by atoms with E-state index in [1.807, 2.05) is 6.92 Å². The van der Waals surface area contributed by atoms with E-state index < -0.39 is 0 Å². The number of nitrogens with two attached hydrogens (primary N) is 1. The molecule has 0 aliphatic carbocycles. The third kappa shape index (κ3) is 3.62. The van der Waals surface area contributed by atoms with E-state index in [0.717, 1.165) is 10.0 Å². The SMILES string of the molecule is Cc1ccc(Sc2ccc([C@@H](C)N)c(Br)c2)c(C)c1. The fourth-order valence-electron chi connectivity index (χ4n) is 1.98. The van der Waals surface area contributed by atoms with E-state index in [0.29, 0.717) is 0 Å². The van der Waals surface area contributed by atoms with Crippen molar-refractivity contribution in [2.24, 2.45) is 5.73 Å². The van der Waals surface area contributed by atoms with Crippen molar-refractivity contribution < 1.29 is 0 Å². The van der Waals surface area contributed by atoms with E-state index >= 15 is 0 Å². The van der Waals surface area contributed by atoms with Gasteiger partial charge >= 0.3 is 0 Å². The van der Waals surface area contributed by atoms with E-state index in [4.69, 9.17) is 5.73 Å². The molecule has 3 heteroatoms. The summed E-state index contributed by atoms with van der Waals surface area (Å²) < 4.78 is 1.08. The van der Waals surface area contributed by atoms with Gasteiger partial charge < -0.3 is 5.73 Å². The lowest BCUT2D eigenvalue weighted by atomic mass is 10.1. The largest absolute Gasteiger partial charge is 0.324 e. The number of aryl methyl sites for hydroxylation is 2. The third-order valence-electron chi connectivity index (χ3n) is 3.02. The van der Waals surface area contributed by atoms with Gasteiger partial charge in [-0.25, -0.2) is 0 Å². The second-order valence-corrected chi connectivity index (χ2v) is 6.81. The van der Waals surface area contributed by atoms with Crippen LogP contribution in [0.1, 0.15) is 29.7 Å². The van der Waals surface area contributed by atoms with Gasteiger partial charge in [0, 0.05) is 20.3 Å². The maximum Gasteiger partial charge on any atom is 0.0277 e. The average Bonchev–Trinajstić information content (AvgIpc) is 2.32. The zero-order valence-corrected chi connectivity index (χ0v) is 13.8. The first-order valence-electron chi connectivity index (χ1n) is 6.27. The Balaban J connectivity index is 2.26. The minimum atomic E-state index is 0.0505. The molecule has 1 nitrogen and oxygen atoms in total. The van der Waals surface area contributed by atoms with Gasteiger partial charge in [0.05, 0.1) is 0 Å². The molecule has 0 aromatic heterocycles. The molecule has 2 aromatic rings. The molecule has 0 fully saturated rings. The molecule has 2 rings (SSSR count). The molecule has 0 aliphatic rings. The van der Waals surface area contributed by atoms with Crippen LogP contribution in [-0.2, 0) is 0 Å². The summed E-state index contributed by atoms with van der Waals surface area (Å²) in [6.45, 7) is 6.27. The van der Waals surface area contributed by atoms with Crippen molar-refractivity contribution >= 4 is 27.7 Å². The average molecular weight is 336 g/mol. The Kier molecular flexibility index (Phi) is 4.71.